The number of hydrogen-bond acceptors (Lipinski definition) is 5. The summed E-state index contributed by atoms with van der Waals surface area (Å²) in [5.74, 6) is -1.03. The highest BCUT2D eigenvalue weighted by molar-refractivity contribution is 7.17. The maximum Gasteiger partial charge on any atom is 0.341 e. The summed E-state index contributed by atoms with van der Waals surface area (Å²) < 4.78 is 4.86. The Hall–Kier alpha value is -2.62. The number of nitrogens with one attached hydrogen (secondary N) is 1. The normalized spacial score (nSPS) is 13.0. The van der Waals surface area contributed by atoms with Crippen molar-refractivity contribution in [2.75, 3.05) is 12.4 Å². The monoisotopic (exact) mass is 386 g/mol. The van der Waals surface area contributed by atoms with Crippen molar-refractivity contribution in [1.82, 2.24) is 0 Å². The standard InChI is InChI=1S/C19H15ClN2O3S/c1-25-19(24)16-14-3-2-4-15(14)26-18(16)22-17(23)12(10-21)9-11-5-7-13(20)8-6-11/h5-9H,2-4H2,1H3,(H,22,23). The predicted octanol–water partition coefficient (Wildman–Crippen LogP) is 4.22. The summed E-state index contributed by atoms with van der Waals surface area (Å²) in [6, 6.07) is 8.69. The molecule has 0 fully saturated rings. The van der Waals surface area contributed by atoms with Crippen LogP contribution in [-0.4, -0.2) is 19.0 Å². The fraction of sp³-hybridized carbons (Fsp3) is 0.211. The zero-order chi connectivity index (χ0) is 18.7. The number of amides is 1. The molecule has 26 heavy (non-hydrogen) atoms. The molecule has 1 N–H and O–H groups in total. The van der Waals surface area contributed by atoms with Crippen molar-refractivity contribution in [3.05, 3.63) is 56.4 Å². The van der Waals surface area contributed by atoms with Crippen molar-refractivity contribution < 1.29 is 14.3 Å². The summed E-state index contributed by atoms with van der Waals surface area (Å²) >= 11 is 7.21. The van der Waals surface area contributed by atoms with E-state index in [1.165, 1.54) is 24.5 Å². The van der Waals surface area contributed by atoms with E-state index in [4.69, 9.17) is 16.3 Å². The third kappa shape index (κ3) is 3.64. The van der Waals surface area contributed by atoms with Gasteiger partial charge >= 0.3 is 5.97 Å². The summed E-state index contributed by atoms with van der Waals surface area (Å²) in [4.78, 5) is 25.8. The second-order valence-electron chi connectivity index (χ2n) is 5.73. The first-order valence-electron chi connectivity index (χ1n) is 7.95. The van der Waals surface area contributed by atoms with Crippen molar-refractivity contribution in [3.8, 4) is 6.07 Å². The minimum atomic E-state index is -0.562. The van der Waals surface area contributed by atoms with Gasteiger partial charge in [0.05, 0.1) is 12.7 Å². The molecule has 3 rings (SSSR count). The number of ether oxygens (including phenoxy) is 1. The van der Waals surface area contributed by atoms with Gasteiger partial charge in [-0.05, 0) is 48.6 Å². The summed E-state index contributed by atoms with van der Waals surface area (Å²) in [7, 11) is 1.31. The van der Waals surface area contributed by atoms with Crippen LogP contribution in [0, 0.1) is 11.3 Å². The van der Waals surface area contributed by atoms with Gasteiger partial charge in [-0.25, -0.2) is 4.79 Å². The molecule has 2 aromatic rings. The molecular weight excluding hydrogens is 372 g/mol. The number of thiophene rings is 1. The summed E-state index contributed by atoms with van der Waals surface area (Å²) in [5.41, 5.74) is 1.97. The van der Waals surface area contributed by atoms with Gasteiger partial charge in [0.1, 0.15) is 16.6 Å². The Morgan fingerprint density at radius 2 is 2.04 bits per heavy atom. The molecule has 0 aliphatic heterocycles. The molecule has 5 nitrogen and oxygen atoms in total. The number of halogens is 1. The van der Waals surface area contributed by atoms with Gasteiger partial charge in [0.2, 0.25) is 0 Å². The molecular formula is C19H15ClN2O3S. The van der Waals surface area contributed by atoms with Gasteiger partial charge < -0.3 is 10.1 Å². The van der Waals surface area contributed by atoms with Crippen molar-refractivity contribution >= 4 is 45.9 Å². The van der Waals surface area contributed by atoms with Crippen LogP contribution in [0.25, 0.3) is 6.08 Å². The topological polar surface area (TPSA) is 79.2 Å². The highest BCUT2D eigenvalue weighted by Crippen LogP contribution is 2.39. The average molecular weight is 387 g/mol. The van der Waals surface area contributed by atoms with E-state index in [9.17, 15) is 14.9 Å². The SMILES string of the molecule is COC(=O)c1c(NC(=O)C(C#N)=Cc2ccc(Cl)cc2)sc2c1CCC2. The molecule has 0 saturated carbocycles. The molecule has 0 bridgehead atoms. The Bertz CT molecular complexity index is 939. The fourth-order valence-electron chi connectivity index (χ4n) is 2.86. The molecule has 0 spiro atoms. The maximum atomic E-state index is 12.5. The number of rotatable bonds is 4. The Morgan fingerprint density at radius 3 is 2.69 bits per heavy atom. The number of nitriles is 1. The van der Waals surface area contributed by atoms with Crippen LogP contribution in [0.2, 0.25) is 5.02 Å². The smallest absolute Gasteiger partial charge is 0.341 e. The number of benzene rings is 1. The summed E-state index contributed by atoms with van der Waals surface area (Å²) in [6.07, 6.45) is 4.13. The number of fused-ring (bicyclic) bond motifs is 1. The van der Waals surface area contributed by atoms with Gasteiger partial charge in [0.15, 0.2) is 0 Å². The average Bonchev–Trinajstić information content (AvgIpc) is 3.21. The first-order chi connectivity index (χ1) is 12.5. The number of esters is 1. The molecule has 1 aromatic heterocycles. The van der Waals surface area contributed by atoms with Gasteiger partial charge in [0.25, 0.3) is 5.91 Å². The Labute approximate surface area is 159 Å². The van der Waals surface area contributed by atoms with E-state index in [0.717, 1.165) is 29.7 Å². The summed E-state index contributed by atoms with van der Waals surface area (Å²) in [6.45, 7) is 0. The Balaban J connectivity index is 1.88. The third-order valence-corrected chi connectivity index (χ3v) is 5.54. The molecule has 0 atom stereocenters. The van der Waals surface area contributed by atoms with Crippen LogP contribution in [-0.2, 0) is 22.4 Å². The number of methoxy groups -OCH3 is 1. The minimum Gasteiger partial charge on any atom is -0.465 e. The Morgan fingerprint density at radius 1 is 1.31 bits per heavy atom. The van der Waals surface area contributed by atoms with E-state index in [0.29, 0.717) is 21.2 Å². The molecule has 7 heteroatoms. The molecule has 0 saturated heterocycles. The van der Waals surface area contributed by atoms with Crippen LogP contribution < -0.4 is 5.32 Å². The van der Waals surface area contributed by atoms with Gasteiger partial charge in [0, 0.05) is 9.90 Å². The van der Waals surface area contributed by atoms with Crippen LogP contribution in [0.3, 0.4) is 0 Å². The second kappa shape index (κ2) is 7.73. The molecule has 1 heterocycles. The number of carbonyl (C=O) groups is 2. The van der Waals surface area contributed by atoms with Crippen LogP contribution in [0.4, 0.5) is 5.00 Å². The van der Waals surface area contributed by atoms with Crippen LogP contribution >= 0.6 is 22.9 Å². The van der Waals surface area contributed by atoms with Gasteiger partial charge in [-0.15, -0.1) is 11.3 Å². The molecule has 1 aliphatic rings. The lowest BCUT2D eigenvalue weighted by Crippen LogP contribution is -2.15. The highest BCUT2D eigenvalue weighted by Gasteiger charge is 2.28. The number of aryl methyl sites for hydroxylation is 1. The lowest BCUT2D eigenvalue weighted by molar-refractivity contribution is -0.112. The van der Waals surface area contributed by atoms with Crippen LogP contribution in [0.1, 0.15) is 32.8 Å². The van der Waals surface area contributed by atoms with Crippen LogP contribution in [0.5, 0.6) is 0 Å². The van der Waals surface area contributed by atoms with E-state index in [2.05, 4.69) is 5.32 Å². The first kappa shape index (κ1) is 18.2. The van der Waals surface area contributed by atoms with Gasteiger partial charge in [-0.1, -0.05) is 23.7 Å². The number of nitrogens with zero attached hydrogens (tertiary/aromatic N) is 1. The molecule has 0 unspecified atom stereocenters. The number of anilines is 1. The lowest BCUT2D eigenvalue weighted by Gasteiger charge is -2.06. The molecule has 132 valence electrons. The Kier molecular flexibility index (Phi) is 5.40. The van der Waals surface area contributed by atoms with Crippen molar-refractivity contribution in [2.45, 2.75) is 19.3 Å². The highest BCUT2D eigenvalue weighted by atomic mass is 35.5. The van der Waals surface area contributed by atoms with E-state index in [1.54, 1.807) is 24.3 Å². The zero-order valence-electron chi connectivity index (χ0n) is 14.0. The maximum absolute atomic E-state index is 12.5. The van der Waals surface area contributed by atoms with E-state index in [-0.39, 0.29) is 5.57 Å². The van der Waals surface area contributed by atoms with Crippen LogP contribution in [0.15, 0.2) is 29.8 Å². The molecule has 1 aromatic carbocycles. The summed E-state index contributed by atoms with van der Waals surface area (Å²) in [5, 5.41) is 13.0. The van der Waals surface area contributed by atoms with E-state index < -0.39 is 11.9 Å². The largest absolute Gasteiger partial charge is 0.465 e. The van der Waals surface area contributed by atoms with Gasteiger partial charge in [-0.3, -0.25) is 4.79 Å². The fourth-order valence-corrected chi connectivity index (χ4v) is 4.25. The van der Waals surface area contributed by atoms with E-state index in [1.807, 2.05) is 6.07 Å². The second-order valence-corrected chi connectivity index (χ2v) is 7.27. The van der Waals surface area contributed by atoms with Gasteiger partial charge in [-0.2, -0.15) is 5.26 Å². The third-order valence-electron chi connectivity index (χ3n) is 4.08. The van der Waals surface area contributed by atoms with E-state index >= 15 is 0 Å². The van der Waals surface area contributed by atoms with Crippen molar-refractivity contribution in [1.29, 1.82) is 5.26 Å². The van der Waals surface area contributed by atoms with Crippen molar-refractivity contribution in [2.24, 2.45) is 0 Å². The number of hydrogen-bond donors (Lipinski definition) is 1. The predicted molar refractivity (Wildman–Crippen MR) is 101 cm³/mol. The lowest BCUT2D eigenvalue weighted by atomic mass is 10.1. The first-order valence-corrected chi connectivity index (χ1v) is 9.14. The number of carbonyl (C=O) groups excluding carboxylic acids is 2. The molecule has 0 radical (unpaired) electrons. The zero-order valence-corrected chi connectivity index (χ0v) is 15.5. The quantitative estimate of drug-likeness (QED) is 0.484. The molecule has 1 amide bonds. The minimum absolute atomic E-state index is 0.0586. The molecule has 1 aliphatic carbocycles. The van der Waals surface area contributed by atoms with Crippen molar-refractivity contribution in [3.63, 3.8) is 0 Å².